The number of aliphatic hydroxyl groups excluding tert-OH is 2. The molecule has 94 valence electrons. The summed E-state index contributed by atoms with van der Waals surface area (Å²) in [4.78, 5) is 10.8. The van der Waals surface area contributed by atoms with Gasteiger partial charge in [-0.3, -0.25) is 0 Å². The van der Waals surface area contributed by atoms with Gasteiger partial charge in [0.25, 0.3) is 0 Å². The fourth-order valence-corrected chi connectivity index (χ4v) is 2.30. The number of hydrogen-bond donors (Lipinski definition) is 2. The third kappa shape index (κ3) is 2.92. The van der Waals surface area contributed by atoms with Crippen LogP contribution in [0.3, 0.4) is 0 Å². The third-order valence-electron chi connectivity index (χ3n) is 3.20. The van der Waals surface area contributed by atoms with E-state index in [9.17, 15) is 0 Å². The lowest BCUT2D eigenvalue weighted by Gasteiger charge is -2.24. The van der Waals surface area contributed by atoms with Crippen LogP contribution in [0.5, 0.6) is 0 Å². The maximum absolute atomic E-state index is 8.94. The molecule has 5 nitrogen and oxygen atoms in total. The Hall–Kier alpha value is -1.20. The predicted molar refractivity (Wildman–Crippen MR) is 64.6 cm³/mol. The maximum atomic E-state index is 8.94. The molecule has 0 aliphatic carbocycles. The lowest BCUT2D eigenvalue weighted by Crippen LogP contribution is -2.30. The van der Waals surface area contributed by atoms with Gasteiger partial charge in [-0.2, -0.15) is 0 Å². The van der Waals surface area contributed by atoms with E-state index in [1.165, 1.54) is 0 Å². The van der Waals surface area contributed by atoms with Crippen LogP contribution in [0, 0.1) is 0 Å². The van der Waals surface area contributed by atoms with Gasteiger partial charge in [0.05, 0.1) is 6.61 Å². The molecule has 1 unspecified atom stereocenters. The van der Waals surface area contributed by atoms with Crippen molar-refractivity contribution in [2.45, 2.75) is 38.3 Å². The van der Waals surface area contributed by atoms with Crippen LogP contribution in [-0.2, 0) is 6.61 Å². The first kappa shape index (κ1) is 12.3. The summed E-state index contributed by atoms with van der Waals surface area (Å²) in [5.41, 5.74) is 0.736. The van der Waals surface area contributed by atoms with Gasteiger partial charge >= 0.3 is 0 Å². The molecule has 0 aromatic carbocycles. The van der Waals surface area contributed by atoms with Crippen molar-refractivity contribution in [1.29, 1.82) is 0 Å². The molecular formula is C12H19N3O2. The van der Waals surface area contributed by atoms with Gasteiger partial charge in [-0.1, -0.05) is 0 Å². The summed E-state index contributed by atoms with van der Waals surface area (Å²) in [6.07, 6.45) is 7.46. The zero-order valence-corrected chi connectivity index (χ0v) is 9.92. The van der Waals surface area contributed by atoms with Crippen LogP contribution in [0.25, 0.3) is 0 Å². The Labute approximate surface area is 101 Å². The Bertz CT molecular complexity index is 342. The van der Waals surface area contributed by atoms with Gasteiger partial charge in [0.2, 0.25) is 5.95 Å². The molecule has 1 aliphatic heterocycles. The first-order valence-corrected chi connectivity index (χ1v) is 6.14. The van der Waals surface area contributed by atoms with Crippen molar-refractivity contribution in [2.24, 2.45) is 0 Å². The summed E-state index contributed by atoms with van der Waals surface area (Å²) in [6, 6.07) is 0.446. The average Bonchev–Trinajstić information content (AvgIpc) is 2.84. The fraction of sp³-hybridized carbons (Fsp3) is 0.667. The van der Waals surface area contributed by atoms with Crippen molar-refractivity contribution in [3.63, 3.8) is 0 Å². The molecule has 0 radical (unpaired) electrons. The summed E-state index contributed by atoms with van der Waals surface area (Å²) in [6.45, 7) is 1.21. The van der Waals surface area contributed by atoms with Crippen molar-refractivity contribution in [3.05, 3.63) is 18.0 Å². The molecule has 2 N–H and O–H groups in total. The molecule has 17 heavy (non-hydrogen) atoms. The standard InChI is InChI=1S/C12H19N3O2/c16-6-2-4-11-3-1-5-15(11)12-13-7-10(9-17)8-14-12/h7-8,11,16-17H,1-6,9H2. The van der Waals surface area contributed by atoms with Gasteiger partial charge in [0.15, 0.2) is 0 Å². The van der Waals surface area contributed by atoms with E-state index in [1.807, 2.05) is 0 Å². The van der Waals surface area contributed by atoms with Gasteiger partial charge in [-0.25, -0.2) is 9.97 Å². The Morgan fingerprint density at radius 3 is 2.71 bits per heavy atom. The van der Waals surface area contributed by atoms with Crippen molar-refractivity contribution in [1.82, 2.24) is 9.97 Å². The lowest BCUT2D eigenvalue weighted by molar-refractivity contribution is 0.279. The molecule has 0 spiro atoms. The molecule has 5 heteroatoms. The van der Waals surface area contributed by atoms with Crippen LogP contribution >= 0.6 is 0 Å². The quantitative estimate of drug-likeness (QED) is 0.789. The number of aromatic nitrogens is 2. The molecule has 0 bridgehead atoms. The van der Waals surface area contributed by atoms with E-state index >= 15 is 0 Å². The minimum atomic E-state index is -0.0196. The zero-order chi connectivity index (χ0) is 12.1. The SMILES string of the molecule is OCCCC1CCCN1c1ncc(CO)cn1. The van der Waals surface area contributed by atoms with E-state index in [1.54, 1.807) is 12.4 Å². The van der Waals surface area contributed by atoms with Crippen LogP contribution in [-0.4, -0.2) is 39.4 Å². The minimum Gasteiger partial charge on any atom is -0.396 e. The molecule has 1 aliphatic rings. The third-order valence-corrected chi connectivity index (χ3v) is 3.20. The van der Waals surface area contributed by atoms with E-state index in [4.69, 9.17) is 10.2 Å². The van der Waals surface area contributed by atoms with Gasteiger partial charge in [-0.15, -0.1) is 0 Å². The smallest absolute Gasteiger partial charge is 0.225 e. The normalized spacial score (nSPS) is 19.9. The zero-order valence-electron chi connectivity index (χ0n) is 9.92. The highest BCUT2D eigenvalue weighted by atomic mass is 16.3. The van der Waals surface area contributed by atoms with E-state index in [2.05, 4.69) is 14.9 Å². The van der Waals surface area contributed by atoms with Crippen molar-refractivity contribution in [3.8, 4) is 0 Å². The van der Waals surface area contributed by atoms with Crippen molar-refractivity contribution < 1.29 is 10.2 Å². The summed E-state index contributed by atoms with van der Waals surface area (Å²) in [5, 5.41) is 17.8. The van der Waals surface area contributed by atoms with E-state index in [-0.39, 0.29) is 13.2 Å². The molecule has 2 rings (SSSR count). The number of anilines is 1. The highest BCUT2D eigenvalue weighted by molar-refractivity contribution is 5.33. The Morgan fingerprint density at radius 1 is 1.29 bits per heavy atom. The topological polar surface area (TPSA) is 69.5 Å². The Kier molecular flexibility index (Phi) is 4.28. The van der Waals surface area contributed by atoms with Crippen molar-refractivity contribution in [2.75, 3.05) is 18.1 Å². The number of nitrogens with zero attached hydrogens (tertiary/aromatic N) is 3. The summed E-state index contributed by atoms with van der Waals surface area (Å²) >= 11 is 0. The van der Waals surface area contributed by atoms with Crippen LogP contribution in [0.15, 0.2) is 12.4 Å². The number of aliphatic hydroxyl groups is 2. The Balaban J connectivity index is 2.03. The minimum absolute atomic E-state index is 0.0196. The molecule has 1 atom stereocenters. The molecule has 1 saturated heterocycles. The van der Waals surface area contributed by atoms with Crippen LogP contribution < -0.4 is 4.90 Å². The van der Waals surface area contributed by atoms with Crippen molar-refractivity contribution >= 4 is 5.95 Å². The largest absolute Gasteiger partial charge is 0.396 e. The summed E-state index contributed by atoms with van der Waals surface area (Å²) in [5.74, 6) is 0.739. The van der Waals surface area contributed by atoms with Gasteiger partial charge in [0, 0.05) is 37.2 Å². The molecule has 0 amide bonds. The first-order chi connectivity index (χ1) is 8.35. The number of hydrogen-bond acceptors (Lipinski definition) is 5. The van der Waals surface area contributed by atoms with Gasteiger partial charge < -0.3 is 15.1 Å². The second-order valence-electron chi connectivity index (χ2n) is 4.40. The Morgan fingerprint density at radius 2 is 2.06 bits per heavy atom. The molecular weight excluding hydrogens is 218 g/mol. The summed E-state index contributed by atoms with van der Waals surface area (Å²) < 4.78 is 0. The van der Waals surface area contributed by atoms with E-state index in [0.29, 0.717) is 6.04 Å². The lowest BCUT2D eigenvalue weighted by atomic mass is 10.1. The first-order valence-electron chi connectivity index (χ1n) is 6.14. The maximum Gasteiger partial charge on any atom is 0.225 e. The predicted octanol–water partition coefficient (Wildman–Crippen LogP) is 0.710. The van der Waals surface area contributed by atoms with E-state index < -0.39 is 0 Å². The van der Waals surface area contributed by atoms with E-state index in [0.717, 1.165) is 43.7 Å². The molecule has 0 saturated carbocycles. The monoisotopic (exact) mass is 237 g/mol. The average molecular weight is 237 g/mol. The molecule has 1 aromatic rings. The second-order valence-corrected chi connectivity index (χ2v) is 4.40. The second kappa shape index (κ2) is 5.93. The summed E-state index contributed by atoms with van der Waals surface area (Å²) in [7, 11) is 0. The van der Waals surface area contributed by atoms with Gasteiger partial charge in [-0.05, 0) is 25.7 Å². The fourth-order valence-electron chi connectivity index (χ4n) is 2.30. The van der Waals surface area contributed by atoms with Gasteiger partial charge in [0.1, 0.15) is 0 Å². The number of rotatable bonds is 5. The van der Waals surface area contributed by atoms with Crippen LogP contribution in [0.2, 0.25) is 0 Å². The van der Waals surface area contributed by atoms with Crippen LogP contribution in [0.4, 0.5) is 5.95 Å². The highest BCUT2D eigenvalue weighted by Crippen LogP contribution is 2.25. The molecule has 1 aromatic heterocycles. The van der Waals surface area contributed by atoms with Crippen LogP contribution in [0.1, 0.15) is 31.2 Å². The molecule has 2 heterocycles. The highest BCUT2D eigenvalue weighted by Gasteiger charge is 2.25. The molecule has 1 fully saturated rings.